The molecule has 0 aromatic heterocycles. The average Bonchev–Trinajstić information content (AvgIpc) is 3.13. The van der Waals surface area contributed by atoms with E-state index in [2.05, 4.69) is 16.0 Å². The summed E-state index contributed by atoms with van der Waals surface area (Å²) in [5.41, 5.74) is 2.29. The van der Waals surface area contributed by atoms with Gasteiger partial charge in [0, 0.05) is 23.3 Å². The summed E-state index contributed by atoms with van der Waals surface area (Å²) in [6.45, 7) is 1.45. The normalized spacial score (nSPS) is 15.2. The van der Waals surface area contributed by atoms with E-state index in [4.69, 9.17) is 11.6 Å². The van der Waals surface area contributed by atoms with Crippen molar-refractivity contribution in [2.24, 2.45) is 5.92 Å². The lowest BCUT2D eigenvalue weighted by atomic mass is 9.92. The van der Waals surface area contributed by atoms with Gasteiger partial charge in [-0.2, -0.15) is 0 Å². The average molecular weight is 386 g/mol. The molecular formula is C21H24ClN3O2. The third-order valence-corrected chi connectivity index (χ3v) is 5.04. The molecule has 0 heterocycles. The molecule has 1 fully saturated rings. The van der Waals surface area contributed by atoms with E-state index < -0.39 is 0 Å². The Hall–Kier alpha value is -2.53. The van der Waals surface area contributed by atoms with Gasteiger partial charge in [0.2, 0.25) is 5.91 Å². The second-order valence-electron chi connectivity index (χ2n) is 6.94. The Bertz CT molecular complexity index is 819. The van der Waals surface area contributed by atoms with Gasteiger partial charge in [-0.3, -0.25) is 4.79 Å². The minimum atomic E-state index is -0.271. The highest BCUT2D eigenvalue weighted by Crippen LogP contribution is 2.36. The summed E-state index contributed by atoms with van der Waals surface area (Å²) in [7, 11) is 0. The summed E-state index contributed by atoms with van der Waals surface area (Å²) < 4.78 is 0. The topological polar surface area (TPSA) is 70.2 Å². The second kappa shape index (κ2) is 8.91. The van der Waals surface area contributed by atoms with Gasteiger partial charge in [0.15, 0.2) is 0 Å². The van der Waals surface area contributed by atoms with Gasteiger partial charge >= 0.3 is 6.03 Å². The van der Waals surface area contributed by atoms with Crippen LogP contribution < -0.4 is 16.0 Å². The molecule has 0 saturated heterocycles. The molecule has 2 aromatic carbocycles. The Labute approximate surface area is 164 Å². The fourth-order valence-corrected chi connectivity index (χ4v) is 3.85. The zero-order chi connectivity index (χ0) is 19.2. The van der Waals surface area contributed by atoms with Crippen LogP contribution in [0.15, 0.2) is 48.5 Å². The number of hydrogen-bond acceptors (Lipinski definition) is 2. The predicted octanol–water partition coefficient (Wildman–Crippen LogP) is 5.35. The Morgan fingerprint density at radius 2 is 1.67 bits per heavy atom. The standard InChI is InChI=1S/C21H24ClN3O2/c1-14(26)23-18-10-5-11-19(13-18)24-21(27)25-20(15-6-2-3-7-15)16-8-4-9-17(22)12-16/h4-5,8-13,15,20H,2-3,6-7H2,1H3,(H,23,26)(H2,24,25,27)/t20-/m1/s1. The molecule has 142 valence electrons. The van der Waals surface area contributed by atoms with Gasteiger partial charge in [-0.1, -0.05) is 42.6 Å². The van der Waals surface area contributed by atoms with Crippen molar-refractivity contribution in [2.45, 2.75) is 38.6 Å². The van der Waals surface area contributed by atoms with E-state index in [0.717, 1.165) is 18.4 Å². The molecule has 1 saturated carbocycles. The van der Waals surface area contributed by atoms with Crippen molar-refractivity contribution < 1.29 is 9.59 Å². The number of nitrogens with one attached hydrogen (secondary N) is 3. The van der Waals surface area contributed by atoms with Crippen LogP contribution in [0.2, 0.25) is 5.02 Å². The minimum Gasteiger partial charge on any atom is -0.331 e. The van der Waals surface area contributed by atoms with Crippen molar-refractivity contribution in [3.8, 4) is 0 Å². The smallest absolute Gasteiger partial charge is 0.319 e. The molecule has 0 unspecified atom stereocenters. The zero-order valence-corrected chi connectivity index (χ0v) is 16.1. The summed E-state index contributed by atoms with van der Waals surface area (Å²) in [6.07, 6.45) is 4.55. The van der Waals surface area contributed by atoms with E-state index in [1.165, 1.54) is 19.8 Å². The number of hydrogen-bond donors (Lipinski definition) is 3. The van der Waals surface area contributed by atoms with Crippen LogP contribution >= 0.6 is 11.6 Å². The lowest BCUT2D eigenvalue weighted by Crippen LogP contribution is -2.36. The van der Waals surface area contributed by atoms with Crippen molar-refractivity contribution >= 4 is 34.9 Å². The molecular weight excluding hydrogens is 362 g/mol. The van der Waals surface area contributed by atoms with Crippen molar-refractivity contribution in [2.75, 3.05) is 10.6 Å². The Morgan fingerprint density at radius 1 is 1.00 bits per heavy atom. The van der Waals surface area contributed by atoms with Crippen molar-refractivity contribution in [3.63, 3.8) is 0 Å². The summed E-state index contributed by atoms with van der Waals surface area (Å²) in [4.78, 5) is 23.8. The molecule has 3 N–H and O–H groups in total. The molecule has 1 aliphatic rings. The van der Waals surface area contributed by atoms with Gasteiger partial charge in [-0.25, -0.2) is 4.79 Å². The number of rotatable bonds is 5. The maximum Gasteiger partial charge on any atom is 0.319 e. The first kappa shape index (κ1) is 19.2. The first-order chi connectivity index (χ1) is 13.0. The minimum absolute atomic E-state index is 0.0790. The van der Waals surface area contributed by atoms with Crippen molar-refractivity contribution in [3.05, 3.63) is 59.1 Å². The lowest BCUT2D eigenvalue weighted by molar-refractivity contribution is -0.114. The SMILES string of the molecule is CC(=O)Nc1cccc(NC(=O)N[C@@H](c2cccc(Cl)c2)C2CCCC2)c1. The molecule has 0 aliphatic heterocycles. The highest BCUT2D eigenvalue weighted by Gasteiger charge is 2.28. The molecule has 0 spiro atoms. The van der Waals surface area contributed by atoms with Crippen LogP contribution in [0.1, 0.15) is 44.2 Å². The van der Waals surface area contributed by atoms with Crippen LogP contribution in [0.5, 0.6) is 0 Å². The van der Waals surface area contributed by atoms with Gasteiger partial charge in [0.1, 0.15) is 0 Å². The second-order valence-corrected chi connectivity index (χ2v) is 7.37. The first-order valence-corrected chi connectivity index (χ1v) is 9.60. The summed E-state index contributed by atoms with van der Waals surface area (Å²) in [5.74, 6) is 0.249. The molecule has 6 heteroatoms. The summed E-state index contributed by atoms with van der Waals surface area (Å²) in [6, 6.07) is 14.4. The van der Waals surface area contributed by atoms with Crippen LogP contribution in [0.4, 0.5) is 16.2 Å². The third kappa shape index (κ3) is 5.47. The summed E-state index contributed by atoms with van der Waals surface area (Å²) in [5, 5.41) is 9.35. The Morgan fingerprint density at radius 3 is 2.33 bits per heavy atom. The Kier molecular flexibility index (Phi) is 6.35. The fraction of sp³-hybridized carbons (Fsp3) is 0.333. The van der Waals surface area contributed by atoms with Gasteiger partial charge in [-0.15, -0.1) is 0 Å². The van der Waals surface area contributed by atoms with E-state index in [9.17, 15) is 9.59 Å². The first-order valence-electron chi connectivity index (χ1n) is 9.22. The molecule has 3 amide bonds. The quantitative estimate of drug-likeness (QED) is 0.649. The van der Waals surface area contributed by atoms with Crippen LogP contribution in [-0.4, -0.2) is 11.9 Å². The monoisotopic (exact) mass is 385 g/mol. The molecule has 3 rings (SSSR count). The van der Waals surface area contributed by atoms with Crippen LogP contribution in [0.3, 0.4) is 0 Å². The molecule has 2 aromatic rings. The summed E-state index contributed by atoms with van der Waals surface area (Å²) >= 11 is 6.16. The van der Waals surface area contributed by atoms with E-state index in [0.29, 0.717) is 22.3 Å². The molecule has 0 radical (unpaired) electrons. The van der Waals surface area contributed by atoms with Gasteiger partial charge < -0.3 is 16.0 Å². The van der Waals surface area contributed by atoms with Gasteiger partial charge in [-0.05, 0) is 54.7 Å². The van der Waals surface area contributed by atoms with Crippen LogP contribution in [-0.2, 0) is 4.79 Å². The van der Waals surface area contributed by atoms with E-state index >= 15 is 0 Å². The number of carbonyl (C=O) groups excluding carboxylic acids is 2. The number of benzene rings is 2. The Balaban J connectivity index is 1.72. The van der Waals surface area contributed by atoms with E-state index in [1.807, 2.05) is 24.3 Å². The number of halogens is 1. The molecule has 27 heavy (non-hydrogen) atoms. The highest BCUT2D eigenvalue weighted by atomic mass is 35.5. The number of urea groups is 1. The number of amides is 3. The van der Waals surface area contributed by atoms with Crippen LogP contribution in [0.25, 0.3) is 0 Å². The molecule has 1 atom stereocenters. The van der Waals surface area contributed by atoms with E-state index in [-0.39, 0.29) is 18.0 Å². The number of anilines is 2. The fourth-order valence-electron chi connectivity index (χ4n) is 3.65. The van der Waals surface area contributed by atoms with Crippen LogP contribution in [0, 0.1) is 5.92 Å². The molecule has 0 bridgehead atoms. The van der Waals surface area contributed by atoms with Crippen molar-refractivity contribution in [1.82, 2.24) is 5.32 Å². The van der Waals surface area contributed by atoms with Crippen molar-refractivity contribution in [1.29, 1.82) is 0 Å². The third-order valence-electron chi connectivity index (χ3n) is 4.81. The maximum atomic E-state index is 12.6. The highest BCUT2D eigenvalue weighted by molar-refractivity contribution is 6.30. The molecule has 1 aliphatic carbocycles. The zero-order valence-electron chi connectivity index (χ0n) is 15.3. The maximum absolute atomic E-state index is 12.6. The largest absolute Gasteiger partial charge is 0.331 e. The lowest BCUT2D eigenvalue weighted by Gasteiger charge is -2.25. The van der Waals surface area contributed by atoms with E-state index in [1.54, 1.807) is 24.3 Å². The van der Waals surface area contributed by atoms with Gasteiger partial charge in [0.05, 0.1) is 6.04 Å². The number of carbonyl (C=O) groups is 2. The molecule has 5 nitrogen and oxygen atoms in total. The predicted molar refractivity (Wildman–Crippen MR) is 109 cm³/mol. The van der Waals surface area contributed by atoms with Gasteiger partial charge in [0.25, 0.3) is 0 Å².